The summed E-state index contributed by atoms with van der Waals surface area (Å²) in [5.41, 5.74) is 0. The molecule has 5 N–H and O–H groups in total. The highest BCUT2D eigenvalue weighted by Crippen LogP contribution is 2.13. The summed E-state index contributed by atoms with van der Waals surface area (Å²) < 4.78 is 0. The molecule has 0 aromatic carbocycles. The van der Waals surface area contributed by atoms with E-state index in [-0.39, 0.29) is 0 Å². The van der Waals surface area contributed by atoms with Gasteiger partial charge in [0, 0.05) is 0 Å². The minimum Gasteiger partial charge on any atom is -0.394 e. The number of aliphatic hydroxyl groups excluding tert-OH is 4. The summed E-state index contributed by atoms with van der Waals surface area (Å²) in [4.78, 5) is 12.4. The molecule has 0 aliphatic rings. The average molecular weight is 676 g/mol. The van der Waals surface area contributed by atoms with Gasteiger partial charge in [-0.15, -0.1) is 0 Å². The van der Waals surface area contributed by atoms with Gasteiger partial charge in [-0.05, 0) is 83.5 Å². The fourth-order valence-electron chi connectivity index (χ4n) is 5.71. The van der Waals surface area contributed by atoms with Crippen molar-refractivity contribution in [3.05, 3.63) is 48.6 Å². The Morgan fingerprint density at radius 2 is 0.896 bits per heavy atom. The van der Waals surface area contributed by atoms with Gasteiger partial charge >= 0.3 is 0 Å². The van der Waals surface area contributed by atoms with Crippen LogP contribution in [-0.4, -0.2) is 57.3 Å². The van der Waals surface area contributed by atoms with Gasteiger partial charge in [0.1, 0.15) is 12.2 Å². The van der Waals surface area contributed by atoms with Crippen LogP contribution in [0.5, 0.6) is 0 Å². The van der Waals surface area contributed by atoms with Crippen molar-refractivity contribution in [3.63, 3.8) is 0 Å². The summed E-state index contributed by atoms with van der Waals surface area (Å²) in [5, 5.41) is 43.4. The van der Waals surface area contributed by atoms with E-state index in [2.05, 4.69) is 67.8 Å². The molecule has 0 aromatic heterocycles. The van der Waals surface area contributed by atoms with E-state index in [4.69, 9.17) is 0 Å². The zero-order valence-electron chi connectivity index (χ0n) is 31.2. The van der Waals surface area contributed by atoms with Crippen molar-refractivity contribution < 1.29 is 25.2 Å². The first-order valence-electron chi connectivity index (χ1n) is 20.0. The molecule has 0 rings (SSSR count). The molecule has 6 nitrogen and oxygen atoms in total. The number of allylic oxidation sites excluding steroid dienone is 8. The van der Waals surface area contributed by atoms with Crippen LogP contribution >= 0.6 is 0 Å². The van der Waals surface area contributed by atoms with Gasteiger partial charge in [-0.1, -0.05) is 146 Å². The van der Waals surface area contributed by atoms with Crippen LogP contribution in [0.2, 0.25) is 0 Å². The molecule has 0 bridgehead atoms. The summed E-state index contributed by atoms with van der Waals surface area (Å²) in [6.45, 7) is 3.96. The average Bonchev–Trinajstić information content (AvgIpc) is 3.09. The zero-order chi connectivity index (χ0) is 35.3. The van der Waals surface area contributed by atoms with Crippen LogP contribution in [0, 0.1) is 0 Å². The largest absolute Gasteiger partial charge is 0.394 e. The maximum absolute atomic E-state index is 12.4. The van der Waals surface area contributed by atoms with Crippen molar-refractivity contribution in [2.24, 2.45) is 0 Å². The fraction of sp³-hybridized carbons (Fsp3) is 0.786. The topological polar surface area (TPSA) is 110 Å². The molecule has 4 atom stereocenters. The molecule has 0 fully saturated rings. The number of unbranched alkanes of at least 4 members (excludes halogenated alkanes) is 18. The van der Waals surface area contributed by atoms with Gasteiger partial charge in [0.05, 0.1) is 18.8 Å². The number of carbonyl (C=O) groups is 1. The Labute approximate surface area is 296 Å². The number of aliphatic hydroxyl groups is 4. The van der Waals surface area contributed by atoms with Gasteiger partial charge in [-0.3, -0.25) is 4.79 Å². The second-order valence-corrected chi connectivity index (χ2v) is 13.6. The summed E-state index contributed by atoms with van der Waals surface area (Å²) in [5.74, 6) is -0.614. The number of rotatable bonds is 35. The highest BCUT2D eigenvalue weighted by atomic mass is 16.3. The lowest BCUT2D eigenvalue weighted by atomic mass is 10.00. The van der Waals surface area contributed by atoms with E-state index in [9.17, 15) is 25.2 Å². The van der Waals surface area contributed by atoms with Gasteiger partial charge in [0.15, 0.2) is 0 Å². The lowest BCUT2D eigenvalue weighted by Crippen LogP contribution is -2.53. The summed E-state index contributed by atoms with van der Waals surface area (Å²) in [7, 11) is 0. The highest BCUT2D eigenvalue weighted by Gasteiger charge is 2.28. The normalized spacial score (nSPS) is 14.9. The smallest absolute Gasteiger partial charge is 0.249 e. The predicted octanol–water partition coefficient (Wildman–Crippen LogP) is 9.95. The Kier molecular flexibility index (Phi) is 35.2. The van der Waals surface area contributed by atoms with Crippen LogP contribution in [0.25, 0.3) is 0 Å². The first-order chi connectivity index (χ1) is 23.5. The second-order valence-electron chi connectivity index (χ2n) is 13.6. The molecule has 0 saturated carbocycles. The lowest BCUT2D eigenvalue weighted by Gasteiger charge is -2.27. The zero-order valence-corrected chi connectivity index (χ0v) is 31.2. The number of amides is 1. The SMILES string of the molecule is CCCC/C=C\CCCCCCC(O)C(=O)NC(CO)C(O)C(O)CCC/C=C/CC/C=C/CC/C=C/CCCCCCCCCCC. The van der Waals surface area contributed by atoms with E-state index < -0.39 is 36.9 Å². The maximum Gasteiger partial charge on any atom is 0.249 e. The van der Waals surface area contributed by atoms with Gasteiger partial charge < -0.3 is 25.7 Å². The minimum absolute atomic E-state index is 0.341. The second kappa shape index (κ2) is 36.5. The summed E-state index contributed by atoms with van der Waals surface area (Å²) in [6, 6.07) is -1.01. The van der Waals surface area contributed by atoms with Gasteiger partial charge in [0.25, 0.3) is 0 Å². The Bertz CT molecular complexity index is 808. The molecule has 280 valence electrons. The molecule has 0 aromatic rings. The molecule has 4 unspecified atom stereocenters. The molecule has 0 radical (unpaired) electrons. The van der Waals surface area contributed by atoms with Crippen molar-refractivity contribution in [2.75, 3.05) is 6.61 Å². The van der Waals surface area contributed by atoms with E-state index in [1.54, 1.807) is 0 Å². The monoisotopic (exact) mass is 676 g/mol. The van der Waals surface area contributed by atoms with Crippen LogP contribution in [0.1, 0.15) is 181 Å². The maximum atomic E-state index is 12.4. The molecule has 1 amide bonds. The third kappa shape index (κ3) is 30.3. The van der Waals surface area contributed by atoms with Gasteiger partial charge in [-0.2, -0.15) is 0 Å². The molecular weight excluding hydrogens is 598 g/mol. The third-order valence-electron chi connectivity index (χ3n) is 8.97. The quantitative estimate of drug-likeness (QED) is 0.0339. The Balaban J connectivity index is 3.86. The van der Waals surface area contributed by atoms with E-state index in [0.717, 1.165) is 70.6 Å². The van der Waals surface area contributed by atoms with Gasteiger partial charge in [0.2, 0.25) is 5.91 Å². The molecule has 0 aliphatic carbocycles. The molecule has 6 heteroatoms. The van der Waals surface area contributed by atoms with Crippen LogP contribution in [0.4, 0.5) is 0 Å². The van der Waals surface area contributed by atoms with Crippen LogP contribution in [0.15, 0.2) is 48.6 Å². The van der Waals surface area contributed by atoms with E-state index in [1.807, 2.05) is 0 Å². The van der Waals surface area contributed by atoms with Crippen LogP contribution < -0.4 is 5.32 Å². The molecule has 0 heterocycles. The molecular formula is C42H77NO5. The third-order valence-corrected chi connectivity index (χ3v) is 8.97. The number of carbonyl (C=O) groups excluding carboxylic acids is 1. The molecule has 0 spiro atoms. The lowest BCUT2D eigenvalue weighted by molar-refractivity contribution is -0.132. The van der Waals surface area contributed by atoms with Gasteiger partial charge in [-0.25, -0.2) is 0 Å². The molecule has 0 saturated heterocycles. The predicted molar refractivity (Wildman–Crippen MR) is 205 cm³/mol. The van der Waals surface area contributed by atoms with Crippen molar-refractivity contribution in [1.29, 1.82) is 0 Å². The molecule has 0 aliphatic heterocycles. The van der Waals surface area contributed by atoms with Crippen molar-refractivity contribution >= 4 is 5.91 Å². The van der Waals surface area contributed by atoms with Crippen molar-refractivity contribution in [1.82, 2.24) is 5.32 Å². The Morgan fingerprint density at radius 3 is 1.38 bits per heavy atom. The highest BCUT2D eigenvalue weighted by molar-refractivity contribution is 5.80. The fourth-order valence-corrected chi connectivity index (χ4v) is 5.71. The Hall–Kier alpha value is -1.73. The minimum atomic E-state index is -1.30. The number of hydrogen-bond donors (Lipinski definition) is 5. The van der Waals surface area contributed by atoms with Crippen molar-refractivity contribution in [2.45, 2.75) is 205 Å². The molecule has 48 heavy (non-hydrogen) atoms. The first kappa shape index (κ1) is 46.3. The van der Waals surface area contributed by atoms with Crippen LogP contribution in [0.3, 0.4) is 0 Å². The van der Waals surface area contributed by atoms with E-state index in [1.165, 1.54) is 77.0 Å². The summed E-state index contributed by atoms with van der Waals surface area (Å²) >= 11 is 0. The van der Waals surface area contributed by atoms with Crippen molar-refractivity contribution in [3.8, 4) is 0 Å². The van der Waals surface area contributed by atoms with E-state index >= 15 is 0 Å². The van der Waals surface area contributed by atoms with Crippen LogP contribution in [-0.2, 0) is 4.79 Å². The Morgan fingerprint density at radius 1 is 0.500 bits per heavy atom. The standard InChI is InChI=1S/C42H77NO5/c1-3-5-7-9-11-13-15-16-17-18-19-20-21-22-23-24-25-26-28-29-31-33-35-39(45)41(47)38(37-44)43-42(48)40(46)36-34-32-30-27-14-12-10-8-6-4-2/h10,12,19-20,23-24,28-29,38-41,44-47H,3-9,11,13-18,21-22,25-27,30-37H2,1-2H3,(H,43,48)/b12-10-,20-19+,24-23+,29-28+. The number of hydrogen-bond acceptors (Lipinski definition) is 5. The van der Waals surface area contributed by atoms with E-state index in [0.29, 0.717) is 19.3 Å². The first-order valence-corrected chi connectivity index (χ1v) is 20.0. The number of nitrogens with one attached hydrogen (secondary N) is 1. The summed E-state index contributed by atoms with van der Waals surface area (Å²) in [6.07, 6.45) is 42.9.